The Morgan fingerprint density at radius 1 is 0.402 bits per heavy atom. The fourth-order valence-corrected chi connectivity index (χ4v) is 12.0. The number of ether oxygens (including phenoxy) is 2. The molecule has 0 aromatic rings. The van der Waals surface area contributed by atoms with E-state index < -0.39 is 49.5 Å². The lowest BCUT2D eigenvalue weighted by atomic mass is 9.99. The summed E-state index contributed by atoms with van der Waals surface area (Å²) in [6, 6.07) is -0.804. The molecule has 6 N–H and O–H groups in total. The van der Waals surface area contributed by atoms with Crippen molar-refractivity contribution < 1.29 is 39.8 Å². The van der Waals surface area contributed by atoms with Crippen LogP contribution in [0.15, 0.2) is 24.3 Å². The highest BCUT2D eigenvalue weighted by Crippen LogP contribution is 2.24. The van der Waals surface area contributed by atoms with Gasteiger partial charge in [0.1, 0.15) is 24.4 Å². The van der Waals surface area contributed by atoms with Crippen molar-refractivity contribution in [2.45, 2.75) is 423 Å². The molecule has 1 saturated heterocycles. The third-order valence-corrected chi connectivity index (χ3v) is 17.8. The van der Waals surface area contributed by atoms with Crippen molar-refractivity contribution in [2.75, 3.05) is 13.2 Å². The fraction of sp³-hybridized carbons (Fsp3) is 0.932. The SMILES string of the molecule is CCCCCCCCCCCCCCCCCCCC/C=C\CCCCCCCCCCCCCCCCCCCC(=O)NC(COC1OC(CO)C(O)C(O)C1O)C(O)/C=C/CCCCCCCCCCCCCCCCCCCC. The normalized spacial score (nSPS) is 18.4. The highest BCUT2D eigenvalue weighted by atomic mass is 16.7. The number of hydrogen-bond acceptors (Lipinski definition) is 8. The first-order valence-corrected chi connectivity index (χ1v) is 36.6. The maximum Gasteiger partial charge on any atom is 0.220 e. The highest BCUT2D eigenvalue weighted by Gasteiger charge is 2.44. The average Bonchev–Trinajstić information content (AvgIpc) is 3.52. The van der Waals surface area contributed by atoms with E-state index in [1.165, 1.54) is 321 Å². The molecule has 1 aliphatic heterocycles. The van der Waals surface area contributed by atoms with Gasteiger partial charge in [-0.15, -0.1) is 0 Å². The Balaban J connectivity index is 2.05. The lowest BCUT2D eigenvalue weighted by molar-refractivity contribution is -0.302. The Hall–Kier alpha value is -1.33. The molecular formula is C73H141NO8. The number of amides is 1. The first-order valence-electron chi connectivity index (χ1n) is 36.6. The number of carbonyl (C=O) groups is 1. The predicted molar refractivity (Wildman–Crippen MR) is 350 cm³/mol. The quantitative estimate of drug-likeness (QED) is 0.0261. The molecule has 0 spiro atoms. The second-order valence-electron chi connectivity index (χ2n) is 25.7. The summed E-state index contributed by atoms with van der Waals surface area (Å²) in [5.74, 6) is -0.169. The van der Waals surface area contributed by atoms with E-state index in [9.17, 15) is 30.3 Å². The molecule has 0 aromatic carbocycles. The van der Waals surface area contributed by atoms with Gasteiger partial charge in [0.25, 0.3) is 0 Å². The Labute approximate surface area is 509 Å². The van der Waals surface area contributed by atoms with Gasteiger partial charge in [0.05, 0.1) is 25.4 Å². The Bertz CT molecular complexity index is 1340. The average molecular weight is 1160 g/mol. The van der Waals surface area contributed by atoms with Gasteiger partial charge in [-0.3, -0.25) is 4.79 Å². The van der Waals surface area contributed by atoms with E-state index in [0.717, 1.165) is 38.5 Å². The number of allylic oxidation sites excluding steroid dienone is 3. The molecule has 9 heteroatoms. The van der Waals surface area contributed by atoms with Gasteiger partial charge in [0.2, 0.25) is 5.91 Å². The van der Waals surface area contributed by atoms with Crippen LogP contribution in [0.1, 0.15) is 380 Å². The minimum absolute atomic E-state index is 0.169. The smallest absolute Gasteiger partial charge is 0.220 e. The molecule has 0 bridgehead atoms. The number of rotatable bonds is 65. The van der Waals surface area contributed by atoms with Crippen LogP contribution in [0.3, 0.4) is 0 Å². The van der Waals surface area contributed by atoms with Crippen molar-refractivity contribution in [2.24, 2.45) is 0 Å². The van der Waals surface area contributed by atoms with Gasteiger partial charge in [-0.1, -0.05) is 353 Å². The maximum absolute atomic E-state index is 13.1. The zero-order valence-corrected chi connectivity index (χ0v) is 54.5. The molecule has 486 valence electrons. The summed E-state index contributed by atoms with van der Waals surface area (Å²) in [6.07, 6.45) is 76.0. The molecule has 7 atom stereocenters. The summed E-state index contributed by atoms with van der Waals surface area (Å²) in [5, 5.41) is 54.7. The molecule has 0 radical (unpaired) electrons. The number of aliphatic hydroxyl groups excluding tert-OH is 5. The summed E-state index contributed by atoms with van der Waals surface area (Å²) >= 11 is 0. The lowest BCUT2D eigenvalue weighted by Crippen LogP contribution is -2.60. The third-order valence-electron chi connectivity index (χ3n) is 17.8. The van der Waals surface area contributed by atoms with Crippen molar-refractivity contribution in [3.05, 3.63) is 24.3 Å². The van der Waals surface area contributed by atoms with Crippen LogP contribution in [0.4, 0.5) is 0 Å². The molecule has 1 amide bonds. The van der Waals surface area contributed by atoms with Crippen LogP contribution in [-0.4, -0.2) is 87.5 Å². The van der Waals surface area contributed by atoms with E-state index in [2.05, 4.69) is 31.3 Å². The minimum atomic E-state index is -1.57. The predicted octanol–water partition coefficient (Wildman–Crippen LogP) is 20.0. The van der Waals surface area contributed by atoms with Gasteiger partial charge in [0, 0.05) is 6.42 Å². The minimum Gasteiger partial charge on any atom is -0.394 e. The van der Waals surface area contributed by atoms with E-state index in [4.69, 9.17) is 9.47 Å². The monoisotopic (exact) mass is 1160 g/mol. The largest absolute Gasteiger partial charge is 0.394 e. The van der Waals surface area contributed by atoms with Crippen LogP contribution in [0.25, 0.3) is 0 Å². The Morgan fingerprint density at radius 2 is 0.683 bits per heavy atom. The summed E-state index contributed by atoms with van der Waals surface area (Å²) in [4.78, 5) is 13.1. The summed E-state index contributed by atoms with van der Waals surface area (Å²) < 4.78 is 11.3. The summed E-state index contributed by atoms with van der Waals surface area (Å²) in [7, 11) is 0. The number of carbonyl (C=O) groups excluding carboxylic acids is 1. The van der Waals surface area contributed by atoms with E-state index >= 15 is 0 Å². The summed E-state index contributed by atoms with van der Waals surface area (Å²) in [5.41, 5.74) is 0. The van der Waals surface area contributed by atoms with Crippen LogP contribution in [0.2, 0.25) is 0 Å². The fourth-order valence-electron chi connectivity index (χ4n) is 12.0. The van der Waals surface area contributed by atoms with Crippen molar-refractivity contribution in [3.63, 3.8) is 0 Å². The molecular weight excluding hydrogens is 1020 g/mol. The van der Waals surface area contributed by atoms with E-state index in [-0.39, 0.29) is 12.5 Å². The Kier molecular flexibility index (Phi) is 60.2. The number of unbranched alkanes of at least 4 members (excludes halogenated alkanes) is 53. The lowest BCUT2D eigenvalue weighted by Gasteiger charge is -2.40. The molecule has 7 unspecified atom stereocenters. The highest BCUT2D eigenvalue weighted by molar-refractivity contribution is 5.76. The van der Waals surface area contributed by atoms with Gasteiger partial charge in [-0.2, -0.15) is 0 Å². The van der Waals surface area contributed by atoms with Gasteiger partial charge < -0.3 is 40.3 Å². The second-order valence-corrected chi connectivity index (χ2v) is 25.7. The zero-order chi connectivity index (χ0) is 59.3. The van der Waals surface area contributed by atoms with Gasteiger partial charge >= 0.3 is 0 Å². The molecule has 82 heavy (non-hydrogen) atoms. The second kappa shape index (κ2) is 62.7. The molecule has 1 aliphatic rings. The van der Waals surface area contributed by atoms with Crippen LogP contribution in [0, 0.1) is 0 Å². The van der Waals surface area contributed by atoms with Gasteiger partial charge in [-0.05, 0) is 44.9 Å². The van der Waals surface area contributed by atoms with E-state index in [0.29, 0.717) is 6.42 Å². The van der Waals surface area contributed by atoms with Crippen molar-refractivity contribution >= 4 is 5.91 Å². The number of hydrogen-bond donors (Lipinski definition) is 6. The van der Waals surface area contributed by atoms with E-state index in [1.807, 2.05) is 6.08 Å². The first-order chi connectivity index (χ1) is 40.3. The summed E-state index contributed by atoms with van der Waals surface area (Å²) in [6.45, 7) is 3.84. The standard InChI is InChI=1S/C73H141NO8/c1-3-5-7-9-11-13-15-17-19-21-23-25-26-27-28-29-30-31-32-33-34-35-36-37-38-39-40-41-42-43-45-47-49-51-53-55-57-59-61-63-69(77)74-66(65-81-73-72(80)71(79)70(78)68(64-75)82-73)67(76)62-60-58-56-54-52-50-48-46-44-24-22-20-18-16-14-12-10-8-6-4-2/h33-34,60,62,66-68,70-73,75-76,78-80H,3-32,35-59,61,63-65H2,1-2H3,(H,74,77)/b34-33-,62-60+. The number of nitrogens with one attached hydrogen (secondary N) is 1. The number of aliphatic hydroxyl groups is 5. The van der Waals surface area contributed by atoms with Gasteiger partial charge in [-0.25, -0.2) is 0 Å². The third kappa shape index (κ3) is 50.8. The van der Waals surface area contributed by atoms with Crippen LogP contribution < -0.4 is 5.32 Å². The van der Waals surface area contributed by atoms with Crippen LogP contribution in [0.5, 0.6) is 0 Å². The molecule has 0 saturated carbocycles. The topological polar surface area (TPSA) is 149 Å². The first kappa shape index (κ1) is 78.7. The van der Waals surface area contributed by atoms with E-state index in [1.54, 1.807) is 6.08 Å². The van der Waals surface area contributed by atoms with Gasteiger partial charge in [0.15, 0.2) is 6.29 Å². The van der Waals surface area contributed by atoms with Crippen molar-refractivity contribution in [1.82, 2.24) is 5.32 Å². The zero-order valence-electron chi connectivity index (χ0n) is 54.5. The van der Waals surface area contributed by atoms with Crippen LogP contribution in [-0.2, 0) is 14.3 Å². The van der Waals surface area contributed by atoms with Crippen LogP contribution >= 0.6 is 0 Å². The molecule has 9 nitrogen and oxygen atoms in total. The molecule has 1 fully saturated rings. The Morgan fingerprint density at radius 3 is 0.988 bits per heavy atom. The maximum atomic E-state index is 13.1. The molecule has 0 aromatic heterocycles. The van der Waals surface area contributed by atoms with Crippen molar-refractivity contribution in [1.29, 1.82) is 0 Å². The van der Waals surface area contributed by atoms with Crippen molar-refractivity contribution in [3.8, 4) is 0 Å². The molecule has 0 aliphatic carbocycles. The molecule has 1 heterocycles. The molecule has 1 rings (SSSR count).